The third-order valence-corrected chi connectivity index (χ3v) is 4.46. The number of nitrogens with one attached hydrogen (secondary N) is 1. The van der Waals surface area contributed by atoms with Gasteiger partial charge in [0.05, 0.1) is 31.2 Å². The molecular weight excluding hydrogens is 348 g/mol. The van der Waals surface area contributed by atoms with Gasteiger partial charge in [0.25, 0.3) is 0 Å². The molecule has 6 heteroatoms. The number of esters is 1. The summed E-state index contributed by atoms with van der Waals surface area (Å²) in [5.41, 5.74) is 0.138. The minimum absolute atomic E-state index is 0.306. The van der Waals surface area contributed by atoms with Crippen molar-refractivity contribution in [3.63, 3.8) is 0 Å². The molecule has 0 bridgehead atoms. The standard InChI is InChI=1S/C16H19BrN2O3/c1-4-22-15(20)12-8-16(2,9-18)14(19-12)11-7-10(17)5-6-13(11)21-3/h5-7,12,14,19H,4,8H2,1-3H3. The van der Waals surface area contributed by atoms with E-state index in [-0.39, 0.29) is 12.0 Å². The van der Waals surface area contributed by atoms with Gasteiger partial charge in [0.1, 0.15) is 11.8 Å². The van der Waals surface area contributed by atoms with Crippen LogP contribution in [0.4, 0.5) is 0 Å². The van der Waals surface area contributed by atoms with Crippen LogP contribution in [0.3, 0.4) is 0 Å². The van der Waals surface area contributed by atoms with Crippen molar-refractivity contribution in [3.8, 4) is 11.8 Å². The second-order valence-electron chi connectivity index (χ2n) is 5.52. The van der Waals surface area contributed by atoms with Crippen molar-refractivity contribution >= 4 is 21.9 Å². The van der Waals surface area contributed by atoms with E-state index >= 15 is 0 Å². The Hall–Kier alpha value is -1.58. The number of methoxy groups -OCH3 is 1. The third kappa shape index (κ3) is 3.11. The van der Waals surface area contributed by atoms with Crippen LogP contribution in [-0.2, 0) is 9.53 Å². The molecule has 0 spiro atoms. The minimum atomic E-state index is -0.717. The summed E-state index contributed by atoms with van der Waals surface area (Å²) in [7, 11) is 1.59. The molecule has 118 valence electrons. The molecular formula is C16H19BrN2O3. The number of carbonyl (C=O) groups is 1. The fourth-order valence-electron chi connectivity index (χ4n) is 2.85. The number of nitrogens with zero attached hydrogens (tertiary/aromatic N) is 1. The number of halogens is 1. The average molecular weight is 367 g/mol. The molecule has 1 aromatic rings. The molecule has 5 nitrogen and oxygen atoms in total. The lowest BCUT2D eigenvalue weighted by Crippen LogP contribution is -2.34. The molecule has 2 rings (SSSR count). The number of carbonyl (C=O) groups excluding carboxylic acids is 1. The first kappa shape index (κ1) is 16.8. The van der Waals surface area contributed by atoms with Crippen LogP contribution >= 0.6 is 15.9 Å². The second-order valence-corrected chi connectivity index (χ2v) is 6.44. The topological polar surface area (TPSA) is 71.4 Å². The van der Waals surface area contributed by atoms with Crippen LogP contribution in [0.5, 0.6) is 5.75 Å². The Morgan fingerprint density at radius 3 is 2.91 bits per heavy atom. The lowest BCUT2D eigenvalue weighted by atomic mass is 9.79. The number of rotatable bonds is 4. The SMILES string of the molecule is CCOC(=O)C1CC(C)(C#N)C(c2cc(Br)ccc2OC)N1. The van der Waals surface area contributed by atoms with Crippen LogP contribution in [0.2, 0.25) is 0 Å². The van der Waals surface area contributed by atoms with Gasteiger partial charge in [-0.25, -0.2) is 0 Å². The molecule has 0 radical (unpaired) electrons. The summed E-state index contributed by atoms with van der Waals surface area (Å²) in [5, 5.41) is 12.9. The highest BCUT2D eigenvalue weighted by atomic mass is 79.9. The van der Waals surface area contributed by atoms with E-state index in [9.17, 15) is 10.1 Å². The van der Waals surface area contributed by atoms with Gasteiger partial charge in [-0.1, -0.05) is 15.9 Å². The predicted octanol–water partition coefficient (Wildman–Crippen LogP) is 2.95. The van der Waals surface area contributed by atoms with Gasteiger partial charge >= 0.3 is 5.97 Å². The highest BCUT2D eigenvalue weighted by molar-refractivity contribution is 9.10. The first-order chi connectivity index (χ1) is 10.4. The molecule has 1 saturated heterocycles. The van der Waals surface area contributed by atoms with Crippen LogP contribution in [0.25, 0.3) is 0 Å². The molecule has 1 aliphatic heterocycles. The van der Waals surface area contributed by atoms with E-state index < -0.39 is 11.5 Å². The Bertz CT molecular complexity index is 614. The second kappa shape index (κ2) is 6.67. The van der Waals surface area contributed by atoms with Crippen LogP contribution in [0.1, 0.15) is 31.9 Å². The zero-order valence-electron chi connectivity index (χ0n) is 12.9. The Kier molecular flexibility index (Phi) is 5.09. The Labute approximate surface area is 138 Å². The summed E-state index contributed by atoms with van der Waals surface area (Å²) >= 11 is 3.44. The van der Waals surface area contributed by atoms with Gasteiger partial charge in [0.15, 0.2) is 0 Å². The summed E-state index contributed by atoms with van der Waals surface area (Å²) in [6.45, 7) is 3.94. The zero-order chi connectivity index (χ0) is 16.3. The van der Waals surface area contributed by atoms with Crippen LogP contribution in [0.15, 0.2) is 22.7 Å². The molecule has 3 unspecified atom stereocenters. The number of hydrogen-bond acceptors (Lipinski definition) is 5. The van der Waals surface area contributed by atoms with Gasteiger partial charge < -0.3 is 9.47 Å². The Balaban J connectivity index is 2.39. The maximum atomic E-state index is 12.0. The molecule has 22 heavy (non-hydrogen) atoms. The first-order valence-electron chi connectivity index (χ1n) is 7.12. The smallest absolute Gasteiger partial charge is 0.323 e. The molecule has 3 atom stereocenters. The lowest BCUT2D eigenvalue weighted by Gasteiger charge is -2.25. The van der Waals surface area contributed by atoms with Crippen molar-refractivity contribution < 1.29 is 14.3 Å². The fraction of sp³-hybridized carbons (Fsp3) is 0.500. The van der Waals surface area contributed by atoms with E-state index in [1.54, 1.807) is 14.0 Å². The lowest BCUT2D eigenvalue weighted by molar-refractivity contribution is -0.145. The largest absolute Gasteiger partial charge is 0.496 e. The molecule has 1 N–H and O–H groups in total. The van der Waals surface area contributed by atoms with Gasteiger partial charge in [0.2, 0.25) is 0 Å². The monoisotopic (exact) mass is 366 g/mol. The predicted molar refractivity (Wildman–Crippen MR) is 85.3 cm³/mol. The van der Waals surface area contributed by atoms with Crippen LogP contribution in [-0.4, -0.2) is 25.7 Å². The Morgan fingerprint density at radius 2 is 2.32 bits per heavy atom. The molecule has 0 aliphatic carbocycles. The highest BCUT2D eigenvalue weighted by Crippen LogP contribution is 2.46. The Morgan fingerprint density at radius 1 is 1.59 bits per heavy atom. The highest BCUT2D eigenvalue weighted by Gasteiger charge is 2.48. The summed E-state index contributed by atoms with van der Waals surface area (Å²) in [6.07, 6.45) is 0.405. The van der Waals surface area contributed by atoms with Crippen molar-refractivity contribution in [2.24, 2.45) is 5.41 Å². The summed E-state index contributed by atoms with van der Waals surface area (Å²) in [6, 6.07) is 7.19. The van der Waals surface area contributed by atoms with Crippen molar-refractivity contribution in [1.82, 2.24) is 5.32 Å². The maximum Gasteiger partial charge on any atom is 0.323 e. The molecule has 1 fully saturated rings. The number of nitriles is 1. The van der Waals surface area contributed by atoms with Gasteiger partial charge in [0, 0.05) is 10.0 Å². The third-order valence-electron chi connectivity index (χ3n) is 3.96. The van der Waals surface area contributed by atoms with Crippen LogP contribution < -0.4 is 10.1 Å². The first-order valence-corrected chi connectivity index (χ1v) is 7.92. The molecule has 1 heterocycles. The van der Waals surface area contributed by atoms with E-state index in [0.29, 0.717) is 18.8 Å². The van der Waals surface area contributed by atoms with Crippen molar-refractivity contribution in [1.29, 1.82) is 5.26 Å². The van der Waals surface area contributed by atoms with Gasteiger partial charge in [-0.05, 0) is 38.5 Å². The number of hydrogen-bond donors (Lipinski definition) is 1. The van der Waals surface area contributed by atoms with E-state index in [4.69, 9.17) is 9.47 Å². The van der Waals surface area contributed by atoms with E-state index in [1.807, 2.05) is 25.1 Å². The average Bonchev–Trinajstić information content (AvgIpc) is 2.86. The fourth-order valence-corrected chi connectivity index (χ4v) is 3.23. The minimum Gasteiger partial charge on any atom is -0.496 e. The molecule has 0 amide bonds. The maximum absolute atomic E-state index is 12.0. The number of ether oxygens (including phenoxy) is 2. The zero-order valence-corrected chi connectivity index (χ0v) is 14.4. The van der Waals surface area contributed by atoms with Gasteiger partial charge in [-0.3, -0.25) is 10.1 Å². The number of benzene rings is 1. The van der Waals surface area contributed by atoms with E-state index in [1.165, 1.54) is 0 Å². The molecule has 1 aromatic carbocycles. The summed E-state index contributed by atoms with van der Waals surface area (Å²) in [4.78, 5) is 12.0. The van der Waals surface area contributed by atoms with Gasteiger partial charge in [-0.15, -0.1) is 0 Å². The van der Waals surface area contributed by atoms with Crippen molar-refractivity contribution in [2.45, 2.75) is 32.4 Å². The summed E-state index contributed by atoms with van der Waals surface area (Å²) in [5.74, 6) is 0.368. The van der Waals surface area contributed by atoms with E-state index in [0.717, 1.165) is 10.0 Å². The molecule has 0 aromatic heterocycles. The summed E-state index contributed by atoms with van der Waals surface area (Å²) < 4.78 is 11.4. The quantitative estimate of drug-likeness (QED) is 0.829. The normalized spacial score (nSPS) is 27.2. The van der Waals surface area contributed by atoms with Gasteiger partial charge in [-0.2, -0.15) is 5.26 Å². The van der Waals surface area contributed by atoms with Crippen LogP contribution in [0, 0.1) is 16.7 Å². The molecule has 0 saturated carbocycles. The van der Waals surface area contributed by atoms with Crippen molar-refractivity contribution in [3.05, 3.63) is 28.2 Å². The molecule has 1 aliphatic rings. The van der Waals surface area contributed by atoms with Crippen molar-refractivity contribution in [2.75, 3.05) is 13.7 Å². The van der Waals surface area contributed by atoms with E-state index in [2.05, 4.69) is 27.3 Å².